The maximum Gasteiger partial charge on any atom is 0.165 e. The predicted molar refractivity (Wildman–Crippen MR) is 118 cm³/mol. The van der Waals surface area contributed by atoms with Gasteiger partial charge in [0, 0.05) is 31.7 Å². The van der Waals surface area contributed by atoms with Gasteiger partial charge in [0.1, 0.15) is 12.7 Å². The Hall–Kier alpha value is -2.12. The molecule has 0 spiro atoms. The SMILES string of the molecule is COc1cccc(CNCCCc2ccccc2)c1OC[C@H](O)CN1CCOCC1. The molecule has 0 bridgehead atoms. The van der Waals surface area contributed by atoms with Crippen LogP contribution in [-0.2, 0) is 17.7 Å². The molecule has 2 N–H and O–H groups in total. The van der Waals surface area contributed by atoms with Crippen molar-refractivity contribution < 1.29 is 19.3 Å². The summed E-state index contributed by atoms with van der Waals surface area (Å²) in [7, 11) is 1.64. The summed E-state index contributed by atoms with van der Waals surface area (Å²) >= 11 is 0. The highest BCUT2D eigenvalue weighted by Crippen LogP contribution is 2.31. The van der Waals surface area contributed by atoms with Gasteiger partial charge in [-0.15, -0.1) is 0 Å². The Bertz CT molecular complexity index is 735. The Kier molecular flexibility index (Phi) is 9.44. The van der Waals surface area contributed by atoms with Crippen LogP contribution in [0.3, 0.4) is 0 Å². The van der Waals surface area contributed by atoms with Crippen LogP contribution in [0.2, 0.25) is 0 Å². The van der Waals surface area contributed by atoms with Gasteiger partial charge in [0.25, 0.3) is 0 Å². The van der Waals surface area contributed by atoms with E-state index in [0.717, 1.165) is 51.3 Å². The molecule has 0 amide bonds. The summed E-state index contributed by atoms with van der Waals surface area (Å²) < 4.78 is 16.9. The van der Waals surface area contributed by atoms with E-state index in [-0.39, 0.29) is 6.61 Å². The normalized spacial score (nSPS) is 15.7. The molecule has 3 rings (SSSR count). The Balaban J connectivity index is 1.47. The number of ether oxygens (including phenoxy) is 3. The minimum Gasteiger partial charge on any atom is -0.493 e. The van der Waals surface area contributed by atoms with E-state index >= 15 is 0 Å². The summed E-state index contributed by atoms with van der Waals surface area (Å²) in [5.74, 6) is 1.40. The van der Waals surface area contributed by atoms with Gasteiger partial charge in [-0.05, 0) is 31.0 Å². The monoisotopic (exact) mass is 414 g/mol. The molecule has 1 saturated heterocycles. The lowest BCUT2D eigenvalue weighted by Crippen LogP contribution is -2.42. The smallest absolute Gasteiger partial charge is 0.165 e. The number of hydrogen-bond donors (Lipinski definition) is 2. The quantitative estimate of drug-likeness (QED) is 0.521. The van der Waals surface area contributed by atoms with Crippen molar-refractivity contribution >= 4 is 0 Å². The first-order valence-corrected chi connectivity index (χ1v) is 10.8. The molecule has 30 heavy (non-hydrogen) atoms. The molecule has 0 unspecified atom stereocenters. The Morgan fingerprint density at radius 2 is 1.90 bits per heavy atom. The van der Waals surface area contributed by atoms with Crippen LogP contribution in [0.1, 0.15) is 17.5 Å². The summed E-state index contributed by atoms with van der Waals surface area (Å²) in [6.45, 7) is 5.59. The van der Waals surface area contributed by atoms with Gasteiger partial charge in [0.2, 0.25) is 0 Å². The maximum absolute atomic E-state index is 10.4. The van der Waals surface area contributed by atoms with Gasteiger partial charge in [-0.25, -0.2) is 0 Å². The van der Waals surface area contributed by atoms with Crippen molar-refractivity contribution in [1.82, 2.24) is 10.2 Å². The van der Waals surface area contributed by atoms with Gasteiger partial charge in [-0.1, -0.05) is 42.5 Å². The van der Waals surface area contributed by atoms with Crippen LogP contribution in [-0.4, -0.2) is 69.2 Å². The molecular weight excluding hydrogens is 380 g/mol. The first kappa shape index (κ1) is 22.6. The van der Waals surface area contributed by atoms with Gasteiger partial charge in [-0.2, -0.15) is 0 Å². The molecule has 1 aliphatic rings. The van der Waals surface area contributed by atoms with Crippen LogP contribution >= 0.6 is 0 Å². The van der Waals surface area contributed by atoms with Crippen LogP contribution in [0.15, 0.2) is 48.5 Å². The van der Waals surface area contributed by atoms with Crippen molar-refractivity contribution in [3.05, 3.63) is 59.7 Å². The van der Waals surface area contributed by atoms with Crippen molar-refractivity contribution in [1.29, 1.82) is 0 Å². The molecule has 0 radical (unpaired) electrons. The van der Waals surface area contributed by atoms with Crippen LogP contribution in [0.5, 0.6) is 11.5 Å². The largest absolute Gasteiger partial charge is 0.493 e. The number of methoxy groups -OCH3 is 1. The van der Waals surface area contributed by atoms with Gasteiger partial charge in [0.15, 0.2) is 11.5 Å². The number of β-amino-alcohol motifs (C(OH)–C–C–N with tert-alkyl or cyclic N) is 1. The second kappa shape index (κ2) is 12.5. The lowest BCUT2D eigenvalue weighted by Gasteiger charge is -2.28. The number of para-hydroxylation sites is 1. The van der Waals surface area contributed by atoms with Crippen molar-refractivity contribution in [2.45, 2.75) is 25.5 Å². The fourth-order valence-electron chi connectivity index (χ4n) is 3.62. The van der Waals surface area contributed by atoms with E-state index in [1.54, 1.807) is 7.11 Å². The van der Waals surface area contributed by atoms with Crippen LogP contribution in [0.25, 0.3) is 0 Å². The molecule has 1 heterocycles. The Labute approximate surface area is 179 Å². The number of hydrogen-bond acceptors (Lipinski definition) is 6. The predicted octanol–water partition coefficient (Wildman–Crippen LogP) is 2.49. The Morgan fingerprint density at radius 3 is 2.67 bits per heavy atom. The summed E-state index contributed by atoms with van der Waals surface area (Å²) in [4.78, 5) is 2.20. The summed E-state index contributed by atoms with van der Waals surface area (Å²) in [6.07, 6.45) is 1.57. The van der Waals surface area contributed by atoms with E-state index in [2.05, 4.69) is 34.5 Å². The second-order valence-corrected chi connectivity index (χ2v) is 7.59. The van der Waals surface area contributed by atoms with E-state index < -0.39 is 6.10 Å². The highest BCUT2D eigenvalue weighted by atomic mass is 16.5. The maximum atomic E-state index is 10.4. The molecule has 0 aromatic heterocycles. The number of benzene rings is 2. The summed E-state index contributed by atoms with van der Waals surface area (Å²) in [6, 6.07) is 16.4. The van der Waals surface area contributed by atoms with Gasteiger partial charge in [0.05, 0.1) is 20.3 Å². The first-order valence-electron chi connectivity index (χ1n) is 10.8. The number of rotatable bonds is 12. The number of nitrogens with one attached hydrogen (secondary N) is 1. The number of morpholine rings is 1. The van der Waals surface area contributed by atoms with Crippen molar-refractivity contribution in [2.24, 2.45) is 0 Å². The zero-order valence-electron chi connectivity index (χ0n) is 17.9. The summed E-state index contributed by atoms with van der Waals surface area (Å²) in [5, 5.41) is 13.9. The number of aliphatic hydroxyl groups excluding tert-OH is 1. The first-order chi connectivity index (χ1) is 14.8. The van der Waals surface area contributed by atoms with Gasteiger partial charge < -0.3 is 24.6 Å². The van der Waals surface area contributed by atoms with E-state index in [4.69, 9.17) is 14.2 Å². The van der Waals surface area contributed by atoms with Crippen LogP contribution in [0, 0.1) is 0 Å². The fourth-order valence-corrected chi connectivity index (χ4v) is 3.62. The number of aryl methyl sites for hydroxylation is 1. The third kappa shape index (κ3) is 7.29. The second-order valence-electron chi connectivity index (χ2n) is 7.59. The van der Waals surface area contributed by atoms with Crippen LogP contribution in [0.4, 0.5) is 0 Å². The van der Waals surface area contributed by atoms with Gasteiger partial charge in [-0.3, -0.25) is 4.90 Å². The van der Waals surface area contributed by atoms with Crippen LogP contribution < -0.4 is 14.8 Å². The molecule has 1 aliphatic heterocycles. The highest BCUT2D eigenvalue weighted by molar-refractivity contribution is 5.46. The molecule has 0 saturated carbocycles. The molecular formula is C24H34N2O4. The topological polar surface area (TPSA) is 63.2 Å². The van der Waals surface area contributed by atoms with Gasteiger partial charge >= 0.3 is 0 Å². The third-order valence-corrected chi connectivity index (χ3v) is 5.25. The van der Waals surface area contributed by atoms with E-state index in [1.807, 2.05) is 24.3 Å². The minimum atomic E-state index is -0.556. The average molecular weight is 415 g/mol. The molecule has 6 nitrogen and oxygen atoms in total. The van der Waals surface area contributed by atoms with Crippen molar-refractivity contribution in [3.8, 4) is 11.5 Å². The molecule has 1 atom stereocenters. The van der Waals surface area contributed by atoms with E-state index in [9.17, 15) is 5.11 Å². The average Bonchev–Trinajstić information content (AvgIpc) is 2.79. The molecule has 1 fully saturated rings. The third-order valence-electron chi connectivity index (χ3n) is 5.25. The fraction of sp³-hybridized carbons (Fsp3) is 0.500. The highest BCUT2D eigenvalue weighted by Gasteiger charge is 2.17. The van der Waals surface area contributed by atoms with Crippen molar-refractivity contribution in [2.75, 3.05) is 53.1 Å². The lowest BCUT2D eigenvalue weighted by atomic mass is 10.1. The molecule has 6 heteroatoms. The number of nitrogens with zero attached hydrogens (tertiary/aromatic N) is 1. The molecule has 0 aliphatic carbocycles. The van der Waals surface area contributed by atoms with Crippen molar-refractivity contribution in [3.63, 3.8) is 0 Å². The molecule has 2 aromatic rings. The minimum absolute atomic E-state index is 0.235. The zero-order chi connectivity index (χ0) is 21.0. The zero-order valence-corrected chi connectivity index (χ0v) is 17.9. The van der Waals surface area contributed by atoms with E-state index in [0.29, 0.717) is 24.6 Å². The molecule has 164 valence electrons. The summed E-state index contributed by atoms with van der Waals surface area (Å²) in [5.41, 5.74) is 2.39. The molecule has 2 aromatic carbocycles. The Morgan fingerprint density at radius 1 is 1.10 bits per heavy atom. The standard InChI is InChI=1S/C24H34N2O4/c1-28-23-11-5-10-21(17-25-12-6-9-20-7-3-2-4-8-20)24(23)30-19-22(27)18-26-13-15-29-16-14-26/h2-5,7-8,10-11,22,25,27H,6,9,12-19H2,1H3/t22-/m1/s1. The number of aliphatic hydroxyl groups is 1. The van der Waals surface area contributed by atoms with E-state index in [1.165, 1.54) is 5.56 Å². The lowest BCUT2D eigenvalue weighted by molar-refractivity contribution is 0.00436.